The highest BCUT2D eigenvalue weighted by molar-refractivity contribution is 6.08. The third kappa shape index (κ3) is 9.38. The fourth-order valence-corrected chi connectivity index (χ4v) is 4.42. The van der Waals surface area contributed by atoms with Gasteiger partial charge >= 0.3 is 23.9 Å². The number of imide groups is 1. The molecule has 1 aromatic carbocycles. The van der Waals surface area contributed by atoms with Crippen LogP contribution in [0.5, 0.6) is 0 Å². The number of nitrogens with one attached hydrogen (secondary N) is 1. The second kappa shape index (κ2) is 14.8. The lowest BCUT2D eigenvalue weighted by atomic mass is 9.92. The molecule has 2 amide bonds. The van der Waals surface area contributed by atoms with Crippen molar-refractivity contribution in [3.05, 3.63) is 88.6 Å². The van der Waals surface area contributed by atoms with Gasteiger partial charge in [-0.15, -0.1) is 13.2 Å². The number of anilines is 1. The van der Waals surface area contributed by atoms with Crippen LogP contribution in [0, 0.1) is 10.1 Å². The molecule has 1 aromatic heterocycles. The van der Waals surface area contributed by atoms with Crippen LogP contribution in [0.3, 0.4) is 0 Å². The quantitative estimate of drug-likeness (QED) is 0.0540. The monoisotopic (exact) mass is 689 g/mol. The molecule has 0 aliphatic carbocycles. The minimum absolute atomic E-state index is 0.0252. The van der Waals surface area contributed by atoms with Crippen molar-refractivity contribution in [3.8, 4) is 0 Å². The van der Waals surface area contributed by atoms with E-state index in [1.165, 1.54) is 65.0 Å². The van der Waals surface area contributed by atoms with Crippen LogP contribution in [0.15, 0.2) is 61.7 Å². The average molecular weight is 690 g/mol. The van der Waals surface area contributed by atoms with Gasteiger partial charge in [-0.05, 0) is 53.0 Å². The highest BCUT2D eigenvalue weighted by atomic mass is 19.4. The number of nitrogens with zero attached hydrogens (tertiary/aromatic N) is 3. The number of alkyl halides is 6. The normalized spacial score (nSPS) is 14.4. The Balaban J connectivity index is 2.83. The lowest BCUT2D eigenvalue weighted by Crippen LogP contribution is -2.68. The summed E-state index contributed by atoms with van der Waals surface area (Å²) in [6.07, 6.45) is -10.7. The summed E-state index contributed by atoms with van der Waals surface area (Å²) in [6, 6.07) is 7.25. The smallest absolute Gasteiger partial charge is 0.365 e. The Morgan fingerprint density at radius 2 is 1.67 bits per heavy atom. The Hall–Kier alpha value is -4.35. The molecule has 0 radical (unpaired) electrons. The summed E-state index contributed by atoms with van der Waals surface area (Å²) in [6.45, 7) is 13.0. The summed E-state index contributed by atoms with van der Waals surface area (Å²) in [5.74, 6) is 0.253. The molecule has 11 nitrogen and oxygen atoms in total. The molecule has 1 heterocycles. The van der Waals surface area contributed by atoms with E-state index in [2.05, 4.69) is 23.5 Å². The van der Waals surface area contributed by atoms with Gasteiger partial charge < -0.3 is 14.8 Å². The molecule has 0 saturated heterocycles. The molecule has 17 heteroatoms. The fraction of sp³-hybridized carbons (Fsp3) is 0.452. The Morgan fingerprint density at radius 1 is 1.08 bits per heavy atom. The Bertz CT molecular complexity index is 1510. The molecule has 0 bridgehead atoms. The molecule has 0 aliphatic rings. The lowest BCUT2D eigenvalue weighted by Gasteiger charge is -2.42. The average Bonchev–Trinajstić information content (AvgIpc) is 2.96. The van der Waals surface area contributed by atoms with Crippen molar-refractivity contribution in [2.75, 3.05) is 5.32 Å². The van der Waals surface area contributed by atoms with Gasteiger partial charge in [0.15, 0.2) is 0 Å². The van der Waals surface area contributed by atoms with Crippen LogP contribution in [0.4, 0.5) is 37.8 Å². The standard InChI is InChI=1S/C31H37F6N5O6/c1-8-10-16-28(6,7)40-24-20(30(32,33)34)17-21(42(45)46)23(39-24)25(43)41(38)26(44)29(31(35,36)37,22(9-2)48-27(3,4)5)47-18-19-14-12-11-13-15-19/h8-9,11-15,17,22H,1-2,10,16,18,38H2,3-7H3,(H,39,40). The van der Waals surface area contributed by atoms with E-state index in [4.69, 9.17) is 15.3 Å². The maximum atomic E-state index is 15.2. The van der Waals surface area contributed by atoms with Gasteiger partial charge in [0.05, 0.1) is 17.1 Å². The number of hydrogen-bond acceptors (Lipinski definition) is 9. The second-order valence-corrected chi connectivity index (χ2v) is 12.2. The predicted molar refractivity (Wildman–Crippen MR) is 163 cm³/mol. The number of ether oxygens (including phenoxy) is 2. The van der Waals surface area contributed by atoms with Crippen molar-refractivity contribution in [3.63, 3.8) is 0 Å². The summed E-state index contributed by atoms with van der Waals surface area (Å²) < 4.78 is 98.5. The molecule has 0 spiro atoms. The molecule has 0 saturated carbocycles. The second-order valence-electron chi connectivity index (χ2n) is 12.2. The molecule has 2 rings (SSSR count). The van der Waals surface area contributed by atoms with Crippen LogP contribution in [0.2, 0.25) is 0 Å². The number of carbonyl (C=O) groups excluding carboxylic acids is 2. The first kappa shape index (κ1) is 39.8. The molecule has 0 fully saturated rings. The number of nitro groups is 1. The molecular weight excluding hydrogens is 652 g/mol. The molecule has 2 aromatic rings. The Kier molecular flexibility index (Phi) is 12.3. The number of pyridine rings is 1. The van der Waals surface area contributed by atoms with Crippen LogP contribution < -0.4 is 11.2 Å². The summed E-state index contributed by atoms with van der Waals surface area (Å²) >= 11 is 0. The molecule has 48 heavy (non-hydrogen) atoms. The van der Waals surface area contributed by atoms with Gasteiger partial charge in [-0.3, -0.25) is 19.7 Å². The highest BCUT2D eigenvalue weighted by Gasteiger charge is 2.68. The molecule has 2 unspecified atom stereocenters. The van der Waals surface area contributed by atoms with Crippen molar-refractivity contribution in [1.82, 2.24) is 9.99 Å². The number of hydrogen-bond donors (Lipinski definition) is 2. The van der Waals surface area contributed by atoms with Crippen molar-refractivity contribution in [2.24, 2.45) is 5.84 Å². The number of carbonyl (C=O) groups is 2. The topological polar surface area (TPSA) is 150 Å². The predicted octanol–water partition coefficient (Wildman–Crippen LogP) is 6.90. The summed E-state index contributed by atoms with van der Waals surface area (Å²) in [4.78, 5) is 41.5. The molecule has 0 aliphatic heterocycles. The molecule has 2 atom stereocenters. The Morgan fingerprint density at radius 3 is 2.12 bits per heavy atom. The van der Waals surface area contributed by atoms with Crippen LogP contribution in [-0.2, 0) is 27.1 Å². The van der Waals surface area contributed by atoms with Gasteiger partial charge in [-0.2, -0.15) is 26.3 Å². The minimum atomic E-state index is -5.69. The first-order valence-corrected chi connectivity index (χ1v) is 14.3. The van der Waals surface area contributed by atoms with Gasteiger partial charge in [0.25, 0.3) is 11.5 Å². The minimum Gasteiger partial charge on any atom is -0.365 e. The molecule has 264 valence electrons. The summed E-state index contributed by atoms with van der Waals surface area (Å²) in [5.41, 5.74) is -11.2. The van der Waals surface area contributed by atoms with Crippen molar-refractivity contribution >= 4 is 23.3 Å². The largest absolute Gasteiger partial charge is 0.429 e. The third-order valence-corrected chi connectivity index (χ3v) is 6.72. The molecular formula is C31H37F6N5O6. The van der Waals surface area contributed by atoms with Crippen molar-refractivity contribution < 1.29 is 50.3 Å². The number of nitrogens with two attached hydrogens (primary N) is 1. The number of allylic oxidation sites excluding steroid dienone is 1. The van der Waals surface area contributed by atoms with E-state index >= 15 is 13.2 Å². The maximum Gasteiger partial charge on any atom is 0.429 e. The van der Waals surface area contributed by atoms with Gasteiger partial charge in [0.2, 0.25) is 5.69 Å². The first-order valence-electron chi connectivity index (χ1n) is 14.3. The number of rotatable bonds is 14. The van der Waals surface area contributed by atoms with Crippen LogP contribution in [0.25, 0.3) is 0 Å². The maximum absolute atomic E-state index is 15.2. The van der Waals surface area contributed by atoms with E-state index in [-0.39, 0.29) is 18.1 Å². The zero-order valence-corrected chi connectivity index (χ0v) is 26.9. The molecule has 3 N–H and O–H groups in total. The summed E-state index contributed by atoms with van der Waals surface area (Å²) in [7, 11) is 0. The van der Waals surface area contributed by atoms with Crippen molar-refractivity contribution in [1.29, 1.82) is 0 Å². The van der Waals surface area contributed by atoms with Crippen LogP contribution >= 0.6 is 0 Å². The fourth-order valence-electron chi connectivity index (χ4n) is 4.42. The Labute approximate surface area is 272 Å². The number of benzene rings is 1. The van der Waals surface area contributed by atoms with E-state index in [9.17, 15) is 32.9 Å². The van der Waals surface area contributed by atoms with E-state index < -0.39 is 86.3 Å². The number of halogens is 6. The number of hydrazine groups is 1. The highest BCUT2D eigenvalue weighted by Crippen LogP contribution is 2.43. The van der Waals surface area contributed by atoms with E-state index in [0.717, 1.165) is 0 Å². The number of amides is 2. The zero-order chi connectivity index (χ0) is 36.9. The van der Waals surface area contributed by atoms with Gasteiger partial charge in [-0.25, -0.2) is 15.8 Å². The van der Waals surface area contributed by atoms with Crippen LogP contribution in [0.1, 0.15) is 69.1 Å². The summed E-state index contributed by atoms with van der Waals surface area (Å²) in [5, 5.41) is 13.7. The van der Waals surface area contributed by atoms with E-state index in [0.29, 0.717) is 12.5 Å². The van der Waals surface area contributed by atoms with Gasteiger partial charge in [-0.1, -0.05) is 42.5 Å². The lowest BCUT2D eigenvalue weighted by molar-refractivity contribution is -0.385. The van der Waals surface area contributed by atoms with Crippen LogP contribution in [-0.4, -0.2) is 55.8 Å². The van der Waals surface area contributed by atoms with Gasteiger partial charge in [0.1, 0.15) is 17.5 Å². The SMILES string of the molecule is C=CCCC(C)(C)Nc1nc(C(=O)N(N)C(=O)C(OCc2ccccc2)(C(C=C)OC(C)(C)C)C(F)(F)F)c([N+](=O)[O-])cc1C(F)(F)F. The van der Waals surface area contributed by atoms with Crippen molar-refractivity contribution in [2.45, 2.75) is 89.3 Å². The van der Waals surface area contributed by atoms with E-state index in [1.807, 2.05) is 0 Å². The van der Waals surface area contributed by atoms with E-state index in [1.54, 1.807) is 6.07 Å². The third-order valence-electron chi connectivity index (χ3n) is 6.72. The van der Waals surface area contributed by atoms with Gasteiger partial charge in [0, 0.05) is 11.6 Å². The number of aromatic nitrogens is 1. The first-order chi connectivity index (χ1) is 21.9. The zero-order valence-electron chi connectivity index (χ0n) is 26.9.